The average Bonchev–Trinajstić information content (AvgIpc) is 3.26. The lowest BCUT2D eigenvalue weighted by Crippen LogP contribution is -2.42. The van der Waals surface area contributed by atoms with Crippen LogP contribution in [-0.2, 0) is 40.1 Å². The molecule has 0 aromatic heterocycles. The van der Waals surface area contributed by atoms with E-state index in [9.17, 15) is 24.6 Å². The number of ether oxygens (including phenoxy) is 2. The van der Waals surface area contributed by atoms with Crippen molar-refractivity contribution in [3.63, 3.8) is 0 Å². The standard InChI is InChI=1S/C31H34N2O7/c1-31(2,3)40-29(37)32-14-13-20-15-23(34)12-11-19(20)17-27(28(35)36)33-30(38)39-18-22-8-6-10-25-24-9-5-4-7-21(24)16-26(22)25/h4-12,15,27,34H,13-14,16-18H2,1-3H3,(H,32,37)(H,33,38)(H,35,36). The largest absolute Gasteiger partial charge is 0.508 e. The van der Waals surface area contributed by atoms with Gasteiger partial charge in [-0.25, -0.2) is 14.4 Å². The van der Waals surface area contributed by atoms with E-state index in [1.54, 1.807) is 26.8 Å². The van der Waals surface area contributed by atoms with Crippen molar-refractivity contribution in [1.82, 2.24) is 10.6 Å². The third kappa shape index (κ3) is 7.31. The Kier molecular flexibility index (Phi) is 8.62. The zero-order chi connectivity index (χ0) is 28.9. The summed E-state index contributed by atoms with van der Waals surface area (Å²) >= 11 is 0. The molecule has 2 amide bonds. The van der Waals surface area contributed by atoms with Crippen molar-refractivity contribution in [3.05, 3.63) is 88.5 Å². The summed E-state index contributed by atoms with van der Waals surface area (Å²) in [5.41, 5.74) is 6.07. The Balaban J connectivity index is 1.36. The maximum atomic E-state index is 12.6. The Morgan fingerprint density at radius 1 is 0.925 bits per heavy atom. The third-order valence-electron chi connectivity index (χ3n) is 6.57. The minimum Gasteiger partial charge on any atom is -0.508 e. The first-order chi connectivity index (χ1) is 19.0. The number of fused-ring (bicyclic) bond motifs is 3. The Bertz CT molecular complexity index is 1410. The number of rotatable bonds is 9. The summed E-state index contributed by atoms with van der Waals surface area (Å²) < 4.78 is 10.7. The highest BCUT2D eigenvalue weighted by molar-refractivity contribution is 5.81. The van der Waals surface area contributed by atoms with Gasteiger partial charge >= 0.3 is 18.2 Å². The zero-order valence-corrected chi connectivity index (χ0v) is 22.8. The molecule has 1 atom stereocenters. The predicted molar refractivity (Wildman–Crippen MR) is 149 cm³/mol. The predicted octanol–water partition coefficient (Wildman–Crippen LogP) is 4.95. The number of alkyl carbamates (subject to hydrolysis) is 2. The van der Waals surface area contributed by atoms with Gasteiger partial charge in [-0.3, -0.25) is 0 Å². The van der Waals surface area contributed by atoms with Gasteiger partial charge in [0.15, 0.2) is 0 Å². The SMILES string of the molecule is CC(C)(C)OC(=O)NCCc1cc(O)ccc1CC(NC(=O)OCc1cccc2c1Cc1ccccc1-2)C(=O)O. The topological polar surface area (TPSA) is 134 Å². The van der Waals surface area contributed by atoms with Crippen LogP contribution in [-0.4, -0.2) is 46.6 Å². The van der Waals surface area contributed by atoms with E-state index in [2.05, 4.69) is 22.8 Å². The van der Waals surface area contributed by atoms with E-state index in [-0.39, 0.29) is 25.3 Å². The Hall–Kier alpha value is -4.53. The number of hydrogen-bond donors (Lipinski definition) is 4. The van der Waals surface area contributed by atoms with Gasteiger partial charge in [0.1, 0.15) is 24.0 Å². The number of carboxylic acids is 1. The number of aromatic hydroxyl groups is 1. The van der Waals surface area contributed by atoms with E-state index >= 15 is 0 Å². The lowest BCUT2D eigenvalue weighted by atomic mass is 9.97. The lowest BCUT2D eigenvalue weighted by Gasteiger charge is -2.20. The van der Waals surface area contributed by atoms with Crippen LogP contribution < -0.4 is 10.6 Å². The normalized spacial score (nSPS) is 12.6. The number of carbonyl (C=O) groups excluding carboxylic acids is 2. The van der Waals surface area contributed by atoms with Crippen LogP contribution in [0.1, 0.15) is 48.6 Å². The van der Waals surface area contributed by atoms with E-state index in [0.29, 0.717) is 17.5 Å². The molecule has 3 aromatic rings. The maximum absolute atomic E-state index is 12.6. The molecule has 0 fully saturated rings. The molecule has 9 nitrogen and oxygen atoms in total. The lowest BCUT2D eigenvalue weighted by molar-refractivity contribution is -0.139. The monoisotopic (exact) mass is 546 g/mol. The molecule has 4 N–H and O–H groups in total. The second-order valence-corrected chi connectivity index (χ2v) is 10.7. The maximum Gasteiger partial charge on any atom is 0.408 e. The van der Waals surface area contributed by atoms with E-state index in [4.69, 9.17) is 9.47 Å². The first-order valence-electron chi connectivity index (χ1n) is 13.1. The summed E-state index contributed by atoms with van der Waals surface area (Å²) in [7, 11) is 0. The Morgan fingerprint density at radius 3 is 2.42 bits per heavy atom. The van der Waals surface area contributed by atoms with Gasteiger partial charge < -0.3 is 30.3 Å². The molecule has 1 aliphatic rings. The number of nitrogens with one attached hydrogen (secondary N) is 2. The van der Waals surface area contributed by atoms with E-state index in [1.807, 2.05) is 30.3 Å². The van der Waals surface area contributed by atoms with Gasteiger partial charge in [0, 0.05) is 13.0 Å². The molecule has 0 saturated carbocycles. The summed E-state index contributed by atoms with van der Waals surface area (Å²) in [5.74, 6) is -1.22. The fourth-order valence-corrected chi connectivity index (χ4v) is 4.76. The van der Waals surface area contributed by atoms with Gasteiger partial charge in [-0.05, 0) is 84.7 Å². The number of amides is 2. The highest BCUT2D eigenvalue weighted by Gasteiger charge is 2.24. The summed E-state index contributed by atoms with van der Waals surface area (Å²) in [6, 6.07) is 17.3. The summed E-state index contributed by atoms with van der Waals surface area (Å²) in [4.78, 5) is 36.6. The minimum absolute atomic E-state index is 0.00723. The second kappa shape index (κ2) is 12.1. The molecule has 1 unspecified atom stereocenters. The van der Waals surface area contributed by atoms with E-state index < -0.39 is 29.8 Å². The number of phenolic OH excluding ortho intramolecular Hbond substituents is 1. The van der Waals surface area contributed by atoms with Crippen LogP contribution in [0.4, 0.5) is 9.59 Å². The highest BCUT2D eigenvalue weighted by Crippen LogP contribution is 2.38. The second-order valence-electron chi connectivity index (χ2n) is 10.7. The Morgan fingerprint density at radius 2 is 1.68 bits per heavy atom. The number of carbonyl (C=O) groups is 3. The molecule has 0 saturated heterocycles. The molecule has 210 valence electrons. The van der Waals surface area contributed by atoms with Crippen molar-refractivity contribution >= 4 is 18.2 Å². The van der Waals surface area contributed by atoms with Crippen molar-refractivity contribution in [2.75, 3.05) is 6.54 Å². The van der Waals surface area contributed by atoms with Crippen LogP contribution in [0.15, 0.2) is 60.7 Å². The van der Waals surface area contributed by atoms with Gasteiger partial charge in [0.2, 0.25) is 0 Å². The third-order valence-corrected chi connectivity index (χ3v) is 6.57. The molecule has 9 heteroatoms. The number of phenols is 1. The van der Waals surface area contributed by atoms with Gasteiger partial charge in [-0.15, -0.1) is 0 Å². The van der Waals surface area contributed by atoms with Gasteiger partial charge in [0.25, 0.3) is 0 Å². The van der Waals surface area contributed by atoms with Gasteiger partial charge in [0.05, 0.1) is 0 Å². The smallest absolute Gasteiger partial charge is 0.408 e. The van der Waals surface area contributed by atoms with E-state index in [0.717, 1.165) is 23.1 Å². The van der Waals surface area contributed by atoms with Gasteiger partial charge in [-0.1, -0.05) is 48.5 Å². The number of carboxylic acid groups (broad SMARTS) is 1. The number of aliphatic carboxylic acids is 1. The summed E-state index contributed by atoms with van der Waals surface area (Å²) in [5, 5.41) is 24.9. The van der Waals surface area contributed by atoms with Crippen LogP contribution in [0, 0.1) is 0 Å². The Labute approximate surface area is 233 Å². The van der Waals surface area contributed by atoms with Crippen molar-refractivity contribution < 1.29 is 34.1 Å². The summed E-state index contributed by atoms with van der Waals surface area (Å²) in [6.07, 6.45) is -0.386. The highest BCUT2D eigenvalue weighted by atomic mass is 16.6. The molecule has 0 spiro atoms. The first-order valence-corrected chi connectivity index (χ1v) is 13.1. The molecular formula is C31H34N2O7. The first kappa shape index (κ1) is 28.5. The fraction of sp³-hybridized carbons (Fsp3) is 0.323. The molecule has 1 aliphatic carbocycles. The van der Waals surface area contributed by atoms with Gasteiger partial charge in [-0.2, -0.15) is 0 Å². The molecule has 0 heterocycles. The molecular weight excluding hydrogens is 512 g/mol. The van der Waals surface area contributed by atoms with Crippen LogP contribution in [0.25, 0.3) is 11.1 Å². The van der Waals surface area contributed by atoms with Crippen molar-refractivity contribution in [2.45, 2.75) is 58.3 Å². The van der Waals surface area contributed by atoms with Crippen LogP contribution in [0.2, 0.25) is 0 Å². The molecule has 3 aromatic carbocycles. The quantitative estimate of drug-likeness (QED) is 0.233. The van der Waals surface area contributed by atoms with Crippen LogP contribution >= 0.6 is 0 Å². The molecule has 0 bridgehead atoms. The number of hydrogen-bond acceptors (Lipinski definition) is 6. The number of benzene rings is 3. The van der Waals surface area contributed by atoms with E-state index in [1.165, 1.54) is 23.3 Å². The molecule has 4 rings (SSSR count). The molecule has 0 aliphatic heterocycles. The van der Waals surface area contributed by atoms with Crippen molar-refractivity contribution in [1.29, 1.82) is 0 Å². The zero-order valence-electron chi connectivity index (χ0n) is 22.8. The minimum atomic E-state index is -1.26. The van der Waals surface area contributed by atoms with Crippen LogP contribution in [0.3, 0.4) is 0 Å². The summed E-state index contributed by atoms with van der Waals surface area (Å²) in [6.45, 7) is 5.50. The molecule has 40 heavy (non-hydrogen) atoms. The van der Waals surface area contributed by atoms with Crippen LogP contribution in [0.5, 0.6) is 5.75 Å². The molecule has 0 radical (unpaired) electrons. The fourth-order valence-electron chi connectivity index (χ4n) is 4.76. The average molecular weight is 547 g/mol. The van der Waals surface area contributed by atoms with Crippen molar-refractivity contribution in [2.24, 2.45) is 0 Å². The van der Waals surface area contributed by atoms with Crippen molar-refractivity contribution in [3.8, 4) is 16.9 Å².